The lowest BCUT2D eigenvalue weighted by molar-refractivity contribution is -0.0550. The minimum absolute atomic E-state index is 0.479. The average Bonchev–Trinajstić information content (AvgIpc) is 3.28. The van der Waals surface area contributed by atoms with Gasteiger partial charge in [0.05, 0.1) is 13.2 Å². The summed E-state index contributed by atoms with van der Waals surface area (Å²) in [5.74, 6) is 0. The van der Waals surface area contributed by atoms with Gasteiger partial charge < -0.3 is 54.8 Å². The second-order valence-electron chi connectivity index (χ2n) is 8.01. The molecule has 4 heterocycles. The molecule has 2 aliphatic heterocycles. The Labute approximate surface area is 215 Å². The minimum atomic E-state index is -4.64. The van der Waals surface area contributed by atoms with E-state index in [4.69, 9.17) is 38.9 Å². The van der Waals surface area contributed by atoms with E-state index in [1.807, 2.05) is 9.97 Å². The maximum atomic E-state index is 11.4. The number of aromatic amines is 2. The monoisotopic (exact) mass is 586 g/mol. The molecule has 0 radical (unpaired) electrons. The lowest BCUT2D eigenvalue weighted by atomic mass is 10.1. The molecule has 39 heavy (non-hydrogen) atoms. The molecule has 11 N–H and O–H groups in total. The van der Waals surface area contributed by atoms with E-state index >= 15 is 0 Å². The summed E-state index contributed by atoms with van der Waals surface area (Å²) in [6.07, 6.45) is -7.16. The van der Waals surface area contributed by atoms with Gasteiger partial charge in [-0.1, -0.05) is 0 Å². The normalized spacial score (nSPS) is 30.2. The molecule has 4 rings (SSSR count). The molecule has 0 aromatic carbocycles. The van der Waals surface area contributed by atoms with Crippen LogP contribution >= 0.6 is 7.82 Å². The highest BCUT2D eigenvalue weighted by molar-refractivity contribution is 7.45. The van der Waals surface area contributed by atoms with E-state index < -0.39 is 92.6 Å². The van der Waals surface area contributed by atoms with Crippen LogP contribution in [0.1, 0.15) is 12.5 Å². The third-order valence-corrected chi connectivity index (χ3v) is 5.28. The Morgan fingerprint density at radius 1 is 0.692 bits per heavy atom. The number of hydrogen-bond acceptors (Lipinski definition) is 13. The molecule has 2 aromatic heterocycles. The average molecular weight is 586 g/mol. The predicted molar refractivity (Wildman–Crippen MR) is 123 cm³/mol. The molecular formula is C18H27N4O16P. The molecule has 0 aliphatic carbocycles. The van der Waals surface area contributed by atoms with Gasteiger partial charge in [-0.25, -0.2) is 14.2 Å². The van der Waals surface area contributed by atoms with Crippen LogP contribution in [-0.4, -0.2) is 114 Å². The Morgan fingerprint density at radius 3 is 1.23 bits per heavy atom. The summed E-state index contributed by atoms with van der Waals surface area (Å²) in [5.41, 5.74) is -2.66. The standard InChI is InChI=1S/2C9H12N2O6.H3O4P/c2*12-3-4-6(14)7(15)8(17-4)11-2-1-5(13)10-9(11)16;1-5(2,3)4/h2*1-2,4,6-8,12,14-15H,3H2,(H,10,13,16);(H3,1,2,3,4)/t2*4-,6-,7-,8-;/m11./s1. The fourth-order valence-electron chi connectivity index (χ4n) is 3.48. The van der Waals surface area contributed by atoms with Crippen LogP contribution in [0.4, 0.5) is 0 Å². The molecule has 0 amide bonds. The molecule has 220 valence electrons. The van der Waals surface area contributed by atoms with Gasteiger partial charge in [0.1, 0.15) is 36.6 Å². The first kappa shape index (κ1) is 32.4. The Kier molecular flexibility index (Phi) is 11.2. The van der Waals surface area contributed by atoms with Gasteiger partial charge in [0.25, 0.3) is 11.1 Å². The quantitative estimate of drug-likeness (QED) is 0.148. The first-order valence-corrected chi connectivity index (χ1v) is 12.3. The van der Waals surface area contributed by atoms with E-state index in [1.165, 1.54) is 0 Å². The third kappa shape index (κ3) is 8.57. The van der Waals surface area contributed by atoms with E-state index in [9.17, 15) is 39.6 Å². The highest BCUT2D eigenvalue weighted by Gasteiger charge is 2.44. The van der Waals surface area contributed by atoms with E-state index in [0.29, 0.717) is 0 Å². The van der Waals surface area contributed by atoms with Crippen LogP contribution in [0.15, 0.2) is 43.7 Å². The van der Waals surface area contributed by atoms with Gasteiger partial charge in [-0.15, -0.1) is 0 Å². The van der Waals surface area contributed by atoms with Crippen molar-refractivity contribution < 1.29 is 59.4 Å². The smallest absolute Gasteiger partial charge is 0.394 e. The Balaban J connectivity index is 0.000000234. The van der Waals surface area contributed by atoms with Crippen LogP contribution in [0.5, 0.6) is 0 Å². The van der Waals surface area contributed by atoms with Gasteiger partial charge in [-0.05, 0) is 0 Å². The minimum Gasteiger partial charge on any atom is -0.394 e. The van der Waals surface area contributed by atoms with Crippen molar-refractivity contribution in [2.75, 3.05) is 13.2 Å². The second-order valence-corrected chi connectivity index (χ2v) is 9.03. The lowest BCUT2D eigenvalue weighted by Crippen LogP contribution is -2.37. The molecule has 0 bridgehead atoms. The Bertz CT molecular complexity index is 1260. The largest absolute Gasteiger partial charge is 0.466 e. The molecule has 2 fully saturated rings. The SMILES string of the molecule is O=P(O)(O)O.O=c1ccn([C@@H]2O[C@H](CO)[C@@H](O)[C@H]2O)c(=O)[nH]1.O=c1ccn([C@@H]2O[C@H](CO)[C@@H](O)[C@H]2O)c(=O)[nH]1. The maximum Gasteiger partial charge on any atom is 0.466 e. The van der Waals surface area contributed by atoms with Gasteiger partial charge in [-0.3, -0.25) is 28.7 Å². The van der Waals surface area contributed by atoms with E-state index in [1.54, 1.807) is 0 Å². The van der Waals surface area contributed by atoms with Crippen molar-refractivity contribution in [1.29, 1.82) is 0 Å². The summed E-state index contributed by atoms with van der Waals surface area (Å²) in [7, 11) is -4.64. The predicted octanol–water partition coefficient (Wildman–Crippen LogP) is -6.63. The van der Waals surface area contributed by atoms with Crippen LogP contribution in [0, 0.1) is 0 Å². The highest BCUT2D eigenvalue weighted by atomic mass is 31.2. The lowest BCUT2D eigenvalue weighted by Gasteiger charge is -2.16. The number of aromatic nitrogens is 4. The van der Waals surface area contributed by atoms with Gasteiger partial charge in [0.2, 0.25) is 0 Å². The summed E-state index contributed by atoms with van der Waals surface area (Å²) in [6.45, 7) is -0.959. The summed E-state index contributed by atoms with van der Waals surface area (Å²) < 4.78 is 21.0. The number of ether oxygens (including phenoxy) is 2. The number of nitrogens with one attached hydrogen (secondary N) is 2. The van der Waals surface area contributed by atoms with Crippen LogP contribution in [0.2, 0.25) is 0 Å². The van der Waals surface area contributed by atoms with Crippen molar-refractivity contribution >= 4 is 7.82 Å². The number of nitrogens with zero attached hydrogens (tertiary/aromatic N) is 2. The molecule has 0 spiro atoms. The first-order valence-electron chi connectivity index (χ1n) is 10.7. The van der Waals surface area contributed by atoms with Crippen molar-refractivity contribution in [3.8, 4) is 0 Å². The second kappa shape index (κ2) is 13.5. The van der Waals surface area contributed by atoms with Crippen molar-refractivity contribution in [3.63, 3.8) is 0 Å². The molecule has 2 saturated heterocycles. The summed E-state index contributed by atoms with van der Waals surface area (Å²) >= 11 is 0. The van der Waals surface area contributed by atoms with Crippen molar-refractivity contribution in [2.24, 2.45) is 0 Å². The van der Waals surface area contributed by atoms with E-state index in [-0.39, 0.29) is 0 Å². The molecular weight excluding hydrogens is 559 g/mol. The highest BCUT2D eigenvalue weighted by Crippen LogP contribution is 2.28. The van der Waals surface area contributed by atoms with E-state index in [2.05, 4.69) is 0 Å². The molecule has 8 atom stereocenters. The molecule has 21 heteroatoms. The molecule has 0 saturated carbocycles. The number of aliphatic hydroxyl groups excluding tert-OH is 6. The number of phosphoric acid groups is 1. The Morgan fingerprint density at radius 2 is 1.00 bits per heavy atom. The zero-order chi connectivity index (χ0) is 29.7. The van der Waals surface area contributed by atoms with Crippen LogP contribution < -0.4 is 22.5 Å². The van der Waals surface area contributed by atoms with Crippen molar-refractivity contribution in [2.45, 2.75) is 49.1 Å². The van der Waals surface area contributed by atoms with Crippen LogP contribution in [0.3, 0.4) is 0 Å². The van der Waals surface area contributed by atoms with Gasteiger partial charge in [0, 0.05) is 24.5 Å². The summed E-state index contributed by atoms with van der Waals surface area (Å²) in [4.78, 5) is 70.2. The van der Waals surface area contributed by atoms with E-state index in [0.717, 1.165) is 33.7 Å². The van der Waals surface area contributed by atoms with Crippen LogP contribution in [-0.2, 0) is 14.0 Å². The number of hydrogen-bond donors (Lipinski definition) is 11. The molecule has 2 aromatic rings. The van der Waals surface area contributed by atoms with Crippen molar-refractivity contribution in [3.05, 3.63) is 66.2 Å². The summed E-state index contributed by atoms with van der Waals surface area (Å²) in [6, 6.07) is 2.19. The third-order valence-electron chi connectivity index (χ3n) is 5.28. The zero-order valence-corrected chi connectivity index (χ0v) is 20.5. The number of rotatable bonds is 4. The first-order chi connectivity index (χ1) is 18.1. The topological polar surface area (TPSA) is 327 Å². The number of aliphatic hydroxyl groups is 6. The van der Waals surface area contributed by atoms with Crippen LogP contribution in [0.25, 0.3) is 0 Å². The number of H-pyrrole nitrogens is 2. The van der Waals surface area contributed by atoms with Crippen molar-refractivity contribution in [1.82, 2.24) is 19.1 Å². The zero-order valence-electron chi connectivity index (χ0n) is 19.6. The maximum absolute atomic E-state index is 11.4. The molecule has 20 nitrogen and oxygen atoms in total. The van der Waals surface area contributed by atoms with Gasteiger partial charge in [0.15, 0.2) is 12.5 Å². The fourth-order valence-corrected chi connectivity index (χ4v) is 3.48. The Hall–Kier alpha value is -2.85. The molecule has 0 unspecified atom stereocenters. The fraction of sp³-hybridized carbons (Fsp3) is 0.556. The summed E-state index contributed by atoms with van der Waals surface area (Å²) in [5, 5.41) is 56.1. The van der Waals surface area contributed by atoms with Gasteiger partial charge >= 0.3 is 19.2 Å². The molecule has 2 aliphatic rings. The van der Waals surface area contributed by atoms with Gasteiger partial charge in [-0.2, -0.15) is 0 Å².